The van der Waals surface area contributed by atoms with Crippen molar-refractivity contribution in [3.63, 3.8) is 0 Å². The van der Waals surface area contributed by atoms with Crippen LogP contribution in [0.4, 0.5) is 5.69 Å². The molecule has 0 fully saturated rings. The second-order valence-corrected chi connectivity index (χ2v) is 7.62. The van der Waals surface area contributed by atoms with Gasteiger partial charge in [-0.05, 0) is 53.8 Å². The highest BCUT2D eigenvalue weighted by Gasteiger charge is 2.22. The van der Waals surface area contributed by atoms with Crippen LogP contribution in [-0.4, -0.2) is 47.6 Å². The first-order valence-electron chi connectivity index (χ1n) is 9.86. The first-order chi connectivity index (χ1) is 14.0. The van der Waals surface area contributed by atoms with Gasteiger partial charge in [0.25, 0.3) is 0 Å². The first-order valence-corrected chi connectivity index (χ1v) is 9.86. The number of rotatable bonds is 6. The molecule has 0 aromatic heterocycles. The largest absolute Gasteiger partial charge is 0.491 e. The van der Waals surface area contributed by atoms with Crippen LogP contribution in [0.5, 0.6) is 5.75 Å². The van der Waals surface area contributed by atoms with E-state index in [1.54, 1.807) is 12.1 Å². The summed E-state index contributed by atoms with van der Waals surface area (Å²) >= 11 is 0. The maximum Gasteiger partial charge on any atom is 0.248 e. The van der Waals surface area contributed by atoms with Crippen molar-refractivity contribution in [2.75, 3.05) is 25.0 Å². The summed E-state index contributed by atoms with van der Waals surface area (Å²) in [5.74, 6) is 0.329. The zero-order chi connectivity index (χ0) is 20.4. The lowest BCUT2D eigenvalue weighted by Gasteiger charge is -2.31. The normalized spacial score (nSPS) is 17.1. The number of ether oxygens (including phenoxy) is 1. The summed E-state index contributed by atoms with van der Waals surface area (Å²) in [4.78, 5) is 25.2. The van der Waals surface area contributed by atoms with E-state index in [9.17, 15) is 14.7 Å². The highest BCUT2D eigenvalue weighted by Crippen LogP contribution is 2.27. The van der Waals surface area contributed by atoms with Crippen LogP contribution in [0.3, 0.4) is 0 Å². The quantitative estimate of drug-likeness (QED) is 0.687. The van der Waals surface area contributed by atoms with E-state index in [1.807, 2.05) is 24.3 Å². The van der Waals surface area contributed by atoms with Crippen molar-refractivity contribution >= 4 is 17.5 Å². The average Bonchev–Trinajstić information content (AvgIpc) is 2.71. The summed E-state index contributed by atoms with van der Waals surface area (Å²) < 4.78 is 5.77. The van der Waals surface area contributed by atoms with E-state index >= 15 is 0 Å². The van der Waals surface area contributed by atoms with E-state index in [1.165, 1.54) is 0 Å². The van der Waals surface area contributed by atoms with Crippen LogP contribution in [0.25, 0.3) is 0 Å². The summed E-state index contributed by atoms with van der Waals surface area (Å²) in [6.45, 7) is 2.11. The van der Waals surface area contributed by atoms with Crippen LogP contribution in [0.2, 0.25) is 0 Å². The Balaban J connectivity index is 1.32. The third-order valence-corrected chi connectivity index (χ3v) is 5.49. The van der Waals surface area contributed by atoms with Crippen LogP contribution in [0.1, 0.15) is 33.5 Å². The van der Waals surface area contributed by atoms with Gasteiger partial charge in [0.15, 0.2) is 0 Å². The van der Waals surface area contributed by atoms with Gasteiger partial charge in [-0.1, -0.05) is 12.1 Å². The van der Waals surface area contributed by atoms with Gasteiger partial charge >= 0.3 is 0 Å². The number of carbonyl (C=O) groups is 2. The Kier molecular flexibility index (Phi) is 5.51. The van der Waals surface area contributed by atoms with E-state index in [2.05, 4.69) is 10.2 Å². The van der Waals surface area contributed by atoms with Gasteiger partial charge in [-0.25, -0.2) is 0 Å². The fourth-order valence-electron chi connectivity index (χ4n) is 4.05. The second-order valence-electron chi connectivity index (χ2n) is 7.62. The lowest BCUT2D eigenvalue weighted by Crippen LogP contribution is -2.39. The van der Waals surface area contributed by atoms with E-state index in [-0.39, 0.29) is 12.5 Å². The third kappa shape index (κ3) is 4.41. The molecule has 0 saturated heterocycles. The Morgan fingerprint density at radius 1 is 1.21 bits per heavy atom. The Bertz CT molecular complexity index is 944. The first kappa shape index (κ1) is 19.4. The van der Waals surface area contributed by atoms with Crippen molar-refractivity contribution in [1.82, 2.24) is 4.90 Å². The molecule has 0 radical (unpaired) electrons. The number of nitrogens with one attached hydrogen (secondary N) is 1. The van der Waals surface area contributed by atoms with Gasteiger partial charge in [-0.2, -0.15) is 0 Å². The number of hydrogen-bond acceptors (Lipinski definition) is 5. The number of benzene rings is 2. The van der Waals surface area contributed by atoms with Crippen molar-refractivity contribution in [2.45, 2.75) is 31.9 Å². The minimum absolute atomic E-state index is 0.0349. The molecule has 29 heavy (non-hydrogen) atoms. The Morgan fingerprint density at radius 3 is 2.90 bits per heavy atom. The van der Waals surface area contributed by atoms with Crippen LogP contribution < -0.4 is 15.8 Å². The molecule has 0 saturated carbocycles. The number of aliphatic hydroxyl groups excluding tert-OH is 1. The number of aryl methyl sites for hydroxylation is 1. The number of carbonyl (C=O) groups excluding carboxylic acids is 2. The fraction of sp³-hybridized carbons (Fsp3) is 0.364. The standard InChI is InChI=1S/C22H25N3O4/c23-22(28)19-3-1-2-15-11-25(9-8-18(15)19)12-16(26)13-29-17-5-6-20-14(10-17)4-7-21(27)24-20/h1-3,5-6,10,16,26H,4,7-9,11-13H2,(H2,23,28)(H,24,27). The number of primary amides is 1. The molecule has 0 bridgehead atoms. The molecule has 1 unspecified atom stereocenters. The molecule has 152 valence electrons. The highest BCUT2D eigenvalue weighted by molar-refractivity contribution is 5.95. The molecule has 4 rings (SSSR count). The maximum absolute atomic E-state index is 11.6. The number of amides is 2. The maximum atomic E-state index is 11.6. The molecule has 2 aromatic carbocycles. The molecule has 0 aliphatic carbocycles. The van der Waals surface area contributed by atoms with Gasteiger partial charge in [-0.3, -0.25) is 14.5 Å². The summed E-state index contributed by atoms with van der Waals surface area (Å²) in [7, 11) is 0. The molecule has 2 heterocycles. The summed E-state index contributed by atoms with van der Waals surface area (Å²) in [5, 5.41) is 13.3. The number of β-amino-alcohol motifs (C(OH)–C–C–N with tert-alkyl or cyclic N) is 1. The average molecular weight is 395 g/mol. The van der Waals surface area contributed by atoms with E-state index in [0.29, 0.717) is 37.2 Å². The molecule has 2 amide bonds. The van der Waals surface area contributed by atoms with Crippen LogP contribution in [0, 0.1) is 0 Å². The van der Waals surface area contributed by atoms with Gasteiger partial charge in [0.05, 0.1) is 0 Å². The fourth-order valence-corrected chi connectivity index (χ4v) is 4.05. The van der Waals surface area contributed by atoms with E-state index < -0.39 is 12.0 Å². The molecule has 2 aromatic rings. The minimum atomic E-state index is -0.633. The van der Waals surface area contributed by atoms with Crippen LogP contribution in [0.15, 0.2) is 36.4 Å². The molecular weight excluding hydrogens is 370 g/mol. The van der Waals surface area contributed by atoms with Gasteiger partial charge < -0.3 is 20.9 Å². The lowest BCUT2D eigenvalue weighted by atomic mass is 9.94. The Hall–Kier alpha value is -2.90. The highest BCUT2D eigenvalue weighted by atomic mass is 16.5. The molecule has 0 spiro atoms. The number of anilines is 1. The molecule has 2 aliphatic rings. The minimum Gasteiger partial charge on any atom is -0.491 e. The number of nitrogens with two attached hydrogens (primary N) is 1. The SMILES string of the molecule is NC(=O)c1cccc2c1CCN(CC(O)COc1ccc3c(c1)CCC(=O)N3)C2. The van der Waals surface area contributed by atoms with Crippen LogP contribution in [-0.2, 0) is 24.2 Å². The smallest absolute Gasteiger partial charge is 0.248 e. The number of fused-ring (bicyclic) bond motifs is 2. The molecule has 1 atom stereocenters. The Labute approximate surface area is 169 Å². The lowest BCUT2D eigenvalue weighted by molar-refractivity contribution is -0.116. The van der Waals surface area contributed by atoms with Crippen molar-refractivity contribution in [1.29, 1.82) is 0 Å². The molecular formula is C22H25N3O4. The number of aliphatic hydroxyl groups is 1. The van der Waals surface area contributed by atoms with Gasteiger partial charge in [0, 0.05) is 37.3 Å². The van der Waals surface area contributed by atoms with Crippen molar-refractivity contribution in [3.05, 3.63) is 58.7 Å². The summed E-state index contributed by atoms with van der Waals surface area (Å²) in [6, 6.07) is 11.2. The van der Waals surface area contributed by atoms with Crippen molar-refractivity contribution < 1.29 is 19.4 Å². The summed E-state index contributed by atoms with van der Waals surface area (Å²) in [6.07, 6.45) is 1.28. The van der Waals surface area contributed by atoms with Crippen molar-refractivity contribution in [2.24, 2.45) is 5.73 Å². The van der Waals surface area contributed by atoms with Crippen molar-refractivity contribution in [3.8, 4) is 5.75 Å². The van der Waals surface area contributed by atoms with Crippen LogP contribution >= 0.6 is 0 Å². The second kappa shape index (κ2) is 8.23. The number of hydrogen-bond donors (Lipinski definition) is 3. The zero-order valence-corrected chi connectivity index (χ0v) is 16.2. The summed E-state index contributed by atoms with van der Waals surface area (Å²) in [5.41, 5.74) is 10.0. The third-order valence-electron chi connectivity index (χ3n) is 5.49. The monoisotopic (exact) mass is 395 g/mol. The Morgan fingerprint density at radius 2 is 2.07 bits per heavy atom. The van der Waals surface area contributed by atoms with Gasteiger partial charge in [0.1, 0.15) is 18.5 Å². The molecule has 4 N–H and O–H groups in total. The van der Waals surface area contributed by atoms with Gasteiger partial charge in [0.2, 0.25) is 11.8 Å². The molecule has 7 heteroatoms. The predicted octanol–water partition coefficient (Wildman–Crippen LogP) is 1.47. The topological polar surface area (TPSA) is 105 Å². The zero-order valence-electron chi connectivity index (χ0n) is 16.2. The van der Waals surface area contributed by atoms with E-state index in [4.69, 9.17) is 10.5 Å². The predicted molar refractivity (Wildman–Crippen MR) is 109 cm³/mol. The number of nitrogens with zero attached hydrogens (tertiary/aromatic N) is 1. The molecule has 7 nitrogen and oxygen atoms in total. The van der Waals surface area contributed by atoms with E-state index in [0.717, 1.165) is 35.3 Å². The van der Waals surface area contributed by atoms with Gasteiger partial charge in [-0.15, -0.1) is 0 Å². The molecule has 2 aliphatic heterocycles.